The molecule has 0 spiro atoms. The lowest BCUT2D eigenvalue weighted by molar-refractivity contribution is -0.139. The van der Waals surface area contributed by atoms with Crippen LogP contribution in [0.25, 0.3) is 0 Å². The number of Topliss-reactive ketones (excluding diaryl/α,β-unsaturated/α-hetero) is 8. The third-order valence-corrected chi connectivity index (χ3v) is 20.2. The third kappa shape index (κ3) is 43.7. The molecule has 0 aliphatic carbocycles. The van der Waals surface area contributed by atoms with Gasteiger partial charge in [0.05, 0.1) is 30.6 Å². The van der Waals surface area contributed by atoms with Crippen molar-refractivity contribution in [1.82, 2.24) is 56.8 Å². The quantitative estimate of drug-likeness (QED) is 0.0302. The van der Waals surface area contributed by atoms with E-state index in [1.54, 1.807) is 83.1 Å². The first-order chi connectivity index (χ1) is 58.9. The van der Waals surface area contributed by atoms with Crippen molar-refractivity contribution in [3.8, 4) is 0 Å². The number of hydrogen-bond donors (Lipinski definition) is 12. The number of urea groups is 3. The van der Waals surface area contributed by atoms with Crippen molar-refractivity contribution < 1.29 is 125 Å². The van der Waals surface area contributed by atoms with Gasteiger partial charge in [0.1, 0.15) is 23.1 Å². The number of carbonyl (C=O) groups excluding carboxylic acids is 24. The summed E-state index contributed by atoms with van der Waals surface area (Å²) < 4.78 is 0. The predicted molar refractivity (Wildman–Crippen MR) is 453 cm³/mol. The molecular formula is C85H127N15O26. The summed E-state index contributed by atoms with van der Waals surface area (Å²) in [5.74, 6) is -12.9. The number of amides is 19. The Balaban J connectivity index is 0.000000847. The number of nitrogens with one attached hydrogen (secondary N) is 7. The molecule has 0 aromatic heterocycles. The highest BCUT2D eigenvalue weighted by Gasteiger charge is 2.36. The van der Waals surface area contributed by atoms with Crippen LogP contribution in [0.2, 0.25) is 0 Å². The molecule has 19 amide bonds. The number of ketones is 8. The van der Waals surface area contributed by atoms with E-state index in [4.69, 9.17) is 28.0 Å². The van der Waals surface area contributed by atoms with E-state index < -0.39 is 137 Å². The van der Waals surface area contributed by atoms with Gasteiger partial charge in [0.2, 0.25) is 29.5 Å². The Morgan fingerprint density at radius 1 is 0.317 bits per heavy atom. The molecule has 0 fully saturated rings. The number of nitrogens with zero attached hydrogens (tertiary/aromatic N) is 4. The lowest BCUT2D eigenvalue weighted by atomic mass is 9.84. The minimum absolute atomic E-state index is 0.0143. The fourth-order valence-electron chi connectivity index (χ4n) is 13.2. The molecule has 0 unspecified atom stereocenters. The summed E-state index contributed by atoms with van der Waals surface area (Å²) in [5, 5.41) is 26.5. The minimum Gasteiger partial charge on any atom is -0.481 e. The normalized spacial score (nSPS) is 15.2. The molecule has 8 atom stereocenters. The van der Waals surface area contributed by atoms with Crippen molar-refractivity contribution in [3.63, 3.8) is 0 Å². The molecule has 0 saturated heterocycles. The Bertz CT molecular complexity index is 4030. The van der Waals surface area contributed by atoms with E-state index in [0.29, 0.717) is 57.9 Å². The van der Waals surface area contributed by atoms with Gasteiger partial charge in [-0.15, -0.1) is 0 Å². The lowest BCUT2D eigenvalue weighted by Crippen LogP contribution is -2.45. The first-order valence-corrected chi connectivity index (χ1v) is 42.1. The molecule has 41 heteroatoms. The molecule has 4 rings (SSSR count). The monoisotopic (exact) mass is 1770 g/mol. The fraction of sp³-hybridized carbons (Fsp3) is 0.612. The molecule has 0 saturated carbocycles. The molecule has 16 N–H and O–H groups in total. The summed E-state index contributed by atoms with van der Waals surface area (Å²) in [6, 6.07) is -5.76. The van der Waals surface area contributed by atoms with E-state index in [1.807, 2.05) is 0 Å². The van der Waals surface area contributed by atoms with E-state index in [0.717, 1.165) is 56.1 Å². The number of aliphatic carboxylic acids is 1. The summed E-state index contributed by atoms with van der Waals surface area (Å²) in [7, 11) is 0. The number of rotatable bonds is 57. The summed E-state index contributed by atoms with van der Waals surface area (Å²) in [5.41, 5.74) is 20.3. The highest BCUT2D eigenvalue weighted by Crippen LogP contribution is 2.25. The van der Waals surface area contributed by atoms with Crippen molar-refractivity contribution in [2.24, 2.45) is 76.2 Å². The highest BCUT2D eigenvalue weighted by molar-refractivity contribution is 6.15. The first-order valence-electron chi connectivity index (χ1n) is 42.1. The minimum atomic E-state index is -1.25. The standard InChI is InChI=1S/C24H36N2O7.C23H36N6O7.C21H31N5O7.C17H24N2O5/c1-15(2)23(18(27)14-17(9-12-22(31)32)24(33)16(3)4)25-19(28)8-6-5-7-13-26-20(29)10-11-21(26)30;1-14(2)21(34)15(5-3-10-26-22(24)35)13-17(30)16(6-4-11-27-23(25)36)28-18(31)9-12-29-19(32)7-8-20(29)33;1-12(2)20(32)13(4-3-8-24-21(23)33)10-15(27)14(11-16(22)28)25-17(29)7-9-26-18(30)5-6-19(26)31;1-10(2)17(24)11(3)9-13(20)12(4)18-14(21)7-8-19-15(22)5-6-16(19)23/h10-11,15-17,23H,5-9,12-14H2,1-4H3,(H,25,28)(H,31,32);7-8,14-16H,3-6,9-13H2,1-2H3,(H,28,31)(H3,24,26,35)(H3,25,27,36);5-6,12-14H,3-4,7-11H2,1-2H3,(H2,22,28)(H,25,29)(H3,23,24,33);5-6,10-12H,7-9H2,1-4H3,(H,18,21)/t17-,23+;15-,16+;13-,14+;11-,12+/m1111/s1. The predicted octanol–water partition coefficient (Wildman–Crippen LogP) is 1.30. The number of carboxylic acid groups (broad SMARTS) is 1. The first kappa shape index (κ1) is 112. The second-order valence-corrected chi connectivity index (χ2v) is 32.3. The van der Waals surface area contributed by atoms with Crippen molar-refractivity contribution >= 4 is 147 Å². The van der Waals surface area contributed by atoms with Crippen molar-refractivity contribution in [1.29, 1.82) is 0 Å². The van der Waals surface area contributed by atoms with Crippen LogP contribution in [0.4, 0.5) is 14.4 Å². The van der Waals surface area contributed by atoms with Crippen molar-refractivity contribution in [2.45, 2.75) is 236 Å². The van der Waals surface area contributed by atoms with Gasteiger partial charge < -0.3 is 65.3 Å². The molecular weight excluding hydrogens is 1650 g/mol. The van der Waals surface area contributed by atoms with Gasteiger partial charge in [0.25, 0.3) is 47.3 Å². The molecule has 0 aromatic rings. The van der Waals surface area contributed by atoms with Crippen LogP contribution >= 0.6 is 0 Å². The molecule has 0 bridgehead atoms. The zero-order chi connectivity index (χ0) is 95.9. The van der Waals surface area contributed by atoms with Crippen LogP contribution in [0, 0.1) is 53.3 Å². The van der Waals surface area contributed by atoms with Gasteiger partial charge >= 0.3 is 24.1 Å². The molecule has 0 aromatic carbocycles. The Labute approximate surface area is 732 Å². The molecule has 4 aliphatic rings. The van der Waals surface area contributed by atoms with E-state index >= 15 is 0 Å². The number of carboxylic acids is 1. The van der Waals surface area contributed by atoms with Crippen LogP contribution in [0.5, 0.6) is 0 Å². The largest absolute Gasteiger partial charge is 0.481 e. The maximum atomic E-state index is 13.2. The third-order valence-electron chi connectivity index (χ3n) is 20.2. The Morgan fingerprint density at radius 2 is 0.635 bits per heavy atom. The van der Waals surface area contributed by atoms with Gasteiger partial charge in [-0.3, -0.25) is 125 Å². The van der Waals surface area contributed by atoms with Crippen LogP contribution in [0.1, 0.15) is 212 Å². The van der Waals surface area contributed by atoms with Crippen LogP contribution < -0.4 is 60.2 Å². The zero-order valence-electron chi connectivity index (χ0n) is 74.0. The summed E-state index contributed by atoms with van der Waals surface area (Å²) in [6.07, 6.45) is 11.7. The van der Waals surface area contributed by atoms with Crippen LogP contribution in [0.3, 0.4) is 0 Å². The van der Waals surface area contributed by atoms with Crippen LogP contribution in [0.15, 0.2) is 48.6 Å². The summed E-state index contributed by atoms with van der Waals surface area (Å²) in [4.78, 5) is 301. The molecule has 0 radical (unpaired) electrons. The summed E-state index contributed by atoms with van der Waals surface area (Å²) in [6.45, 7) is 21.3. The number of nitrogens with two attached hydrogens (primary N) is 4. The maximum Gasteiger partial charge on any atom is 0.312 e. The van der Waals surface area contributed by atoms with Gasteiger partial charge in [-0.25, -0.2) is 14.4 Å². The van der Waals surface area contributed by atoms with Gasteiger partial charge in [-0.1, -0.05) is 82.6 Å². The fourth-order valence-corrected chi connectivity index (χ4v) is 13.2. The van der Waals surface area contributed by atoms with Gasteiger partial charge in [0.15, 0.2) is 23.1 Å². The van der Waals surface area contributed by atoms with Gasteiger partial charge in [-0.2, -0.15) is 0 Å². The maximum absolute atomic E-state index is 13.2. The molecule has 4 heterocycles. The number of primary amides is 4. The molecule has 126 heavy (non-hydrogen) atoms. The molecule has 698 valence electrons. The van der Waals surface area contributed by atoms with E-state index in [9.17, 15) is 120 Å². The van der Waals surface area contributed by atoms with Crippen molar-refractivity contribution in [2.75, 3.05) is 45.8 Å². The second kappa shape index (κ2) is 57.8. The average Bonchev–Trinajstić information content (AvgIpc) is 1.09. The van der Waals surface area contributed by atoms with Gasteiger partial charge in [0, 0.05) is 200 Å². The van der Waals surface area contributed by atoms with E-state index in [-0.39, 0.29) is 204 Å². The Kier molecular flexibility index (Phi) is 51.2. The number of unbranched alkanes of at least 4 members (excludes halogenated alkanes) is 2. The topological polar surface area (TPSA) is 648 Å². The smallest absolute Gasteiger partial charge is 0.312 e. The SMILES string of the molecule is CC(C)C(=O)[C@H](C)CC(=O)[C@H](C)NC(=O)CCN1C(=O)C=CC1=O.CC(C)C(=O)[C@H](CCC(=O)O)CC(=O)[C@@H](NC(=O)CCCCCN1C(=O)C=CC1=O)C(C)C.CC(C)C(=O)[C@H](CCCNC(N)=O)CC(=O)[C@H](CC(N)=O)NC(=O)CCN1C(=O)C=CC1=O.CC(C)C(=O)[C@H](CCCNC(N)=O)CC(=O)[C@H](CCCNC(N)=O)NC(=O)CCN1C(=O)C=CC1=O. The number of hydrogen-bond acceptors (Lipinski definition) is 25. The Hall–Kier alpha value is -12.5. The second-order valence-electron chi connectivity index (χ2n) is 32.3. The average molecular weight is 1780 g/mol. The van der Waals surface area contributed by atoms with E-state index in [2.05, 4.69) is 37.2 Å². The zero-order valence-corrected chi connectivity index (χ0v) is 74.0. The number of carbonyl (C=O) groups is 25. The Morgan fingerprint density at radius 3 is 0.976 bits per heavy atom. The van der Waals surface area contributed by atoms with Gasteiger partial charge in [-0.05, 0) is 70.6 Å². The highest BCUT2D eigenvalue weighted by atomic mass is 16.4. The van der Waals surface area contributed by atoms with E-state index in [1.165, 1.54) is 12.2 Å². The van der Waals surface area contributed by atoms with Crippen molar-refractivity contribution in [3.05, 3.63) is 48.6 Å². The number of imide groups is 4. The van der Waals surface area contributed by atoms with Crippen LogP contribution in [-0.4, -0.2) is 242 Å². The summed E-state index contributed by atoms with van der Waals surface area (Å²) >= 11 is 0. The molecule has 4 aliphatic heterocycles. The lowest BCUT2D eigenvalue weighted by Gasteiger charge is -2.24. The van der Waals surface area contributed by atoms with Crippen LogP contribution in [-0.2, 0) is 105 Å². The molecule has 41 nitrogen and oxygen atoms in total.